The van der Waals surface area contributed by atoms with Crippen molar-refractivity contribution in [2.24, 2.45) is 5.73 Å². The van der Waals surface area contributed by atoms with Gasteiger partial charge in [-0.05, 0) is 19.8 Å². The molecule has 116 valence electrons. The van der Waals surface area contributed by atoms with Gasteiger partial charge >= 0.3 is 0 Å². The first-order valence-electron chi connectivity index (χ1n) is 6.11. The van der Waals surface area contributed by atoms with Gasteiger partial charge in [0.2, 0.25) is 0 Å². The topological polar surface area (TPSA) is 68.5 Å². The van der Waals surface area contributed by atoms with Gasteiger partial charge in [0.1, 0.15) is 6.10 Å². The van der Waals surface area contributed by atoms with E-state index in [1.54, 1.807) is 23.3 Å². The van der Waals surface area contributed by atoms with Gasteiger partial charge in [-0.2, -0.15) is 0 Å². The van der Waals surface area contributed by atoms with E-state index in [9.17, 15) is 4.79 Å². The number of hydrogen-bond acceptors (Lipinski definition) is 5. The van der Waals surface area contributed by atoms with Gasteiger partial charge < -0.3 is 15.4 Å². The quantitative estimate of drug-likeness (QED) is 0.905. The third-order valence-corrected chi connectivity index (χ3v) is 3.91. The molecule has 1 aliphatic heterocycles. The van der Waals surface area contributed by atoms with Gasteiger partial charge in [0.25, 0.3) is 5.91 Å². The Morgan fingerprint density at radius 3 is 2.75 bits per heavy atom. The number of aryl methyl sites for hydroxylation is 1. The minimum Gasteiger partial charge on any atom is -0.364 e. The molecule has 2 N–H and O–H groups in total. The fourth-order valence-electron chi connectivity index (χ4n) is 2.11. The molecule has 0 bridgehead atoms. The molecular formula is C12H21Cl2N3O2S. The first-order chi connectivity index (χ1) is 8.60. The molecule has 2 heterocycles. The molecular weight excluding hydrogens is 321 g/mol. The second kappa shape index (κ2) is 8.79. The van der Waals surface area contributed by atoms with E-state index in [0.29, 0.717) is 13.1 Å². The van der Waals surface area contributed by atoms with Crippen LogP contribution in [0.3, 0.4) is 0 Å². The van der Waals surface area contributed by atoms with Crippen LogP contribution in [0.15, 0.2) is 5.38 Å². The number of thiazole rings is 1. The zero-order valence-electron chi connectivity index (χ0n) is 11.6. The van der Waals surface area contributed by atoms with Crippen LogP contribution in [0.5, 0.6) is 0 Å². The molecule has 0 aliphatic carbocycles. The van der Waals surface area contributed by atoms with Crippen molar-refractivity contribution in [1.29, 1.82) is 0 Å². The molecule has 0 saturated carbocycles. The molecule has 0 unspecified atom stereocenters. The number of carbonyl (C=O) groups excluding carboxylic acids is 1. The van der Waals surface area contributed by atoms with Crippen LogP contribution in [0.4, 0.5) is 0 Å². The standard InChI is InChI=1S/C12H19N3O2S.2ClH/c1-8-14-9(7-18-8)6-15(2)12(16)11-4-3-10(5-13)17-11;;/h7,10-11H,3-6,13H2,1-2H3;2*1H/t10-,11+;;/m1../s1. The van der Waals surface area contributed by atoms with Gasteiger partial charge in [-0.15, -0.1) is 36.2 Å². The summed E-state index contributed by atoms with van der Waals surface area (Å²) in [5, 5.41) is 3.00. The lowest BCUT2D eigenvalue weighted by atomic mass is 10.2. The van der Waals surface area contributed by atoms with Crippen molar-refractivity contribution in [2.75, 3.05) is 13.6 Å². The molecule has 1 aromatic rings. The van der Waals surface area contributed by atoms with Crippen LogP contribution < -0.4 is 5.73 Å². The number of halogens is 2. The summed E-state index contributed by atoms with van der Waals surface area (Å²) in [5.41, 5.74) is 6.47. The Balaban J connectivity index is 0.00000180. The molecule has 20 heavy (non-hydrogen) atoms. The summed E-state index contributed by atoms with van der Waals surface area (Å²) in [5.74, 6) is 0.0246. The molecule has 0 aromatic carbocycles. The number of ether oxygens (including phenoxy) is 1. The molecule has 2 atom stereocenters. The van der Waals surface area contributed by atoms with E-state index >= 15 is 0 Å². The lowest BCUT2D eigenvalue weighted by Crippen LogP contribution is -2.36. The van der Waals surface area contributed by atoms with Gasteiger partial charge in [0.05, 0.1) is 23.4 Å². The molecule has 1 aromatic heterocycles. The minimum atomic E-state index is -0.330. The van der Waals surface area contributed by atoms with Gasteiger partial charge in [0.15, 0.2) is 0 Å². The number of hydrogen-bond donors (Lipinski definition) is 1. The van der Waals surface area contributed by atoms with Crippen molar-refractivity contribution in [3.63, 3.8) is 0 Å². The molecule has 0 radical (unpaired) electrons. The summed E-state index contributed by atoms with van der Waals surface area (Å²) in [6, 6.07) is 0. The predicted molar refractivity (Wildman–Crippen MR) is 84.8 cm³/mol. The van der Waals surface area contributed by atoms with Gasteiger partial charge in [-0.25, -0.2) is 4.98 Å². The zero-order valence-corrected chi connectivity index (χ0v) is 14.0. The lowest BCUT2D eigenvalue weighted by molar-refractivity contribution is -0.141. The largest absolute Gasteiger partial charge is 0.364 e. The summed E-state index contributed by atoms with van der Waals surface area (Å²) in [6.07, 6.45) is 1.34. The fourth-order valence-corrected chi connectivity index (χ4v) is 2.71. The Kier molecular flexibility index (Phi) is 8.62. The van der Waals surface area contributed by atoms with Crippen molar-refractivity contribution in [1.82, 2.24) is 9.88 Å². The van der Waals surface area contributed by atoms with Crippen molar-refractivity contribution >= 4 is 42.1 Å². The molecule has 5 nitrogen and oxygen atoms in total. The number of aromatic nitrogens is 1. The van der Waals surface area contributed by atoms with Gasteiger partial charge in [-0.3, -0.25) is 4.79 Å². The maximum atomic E-state index is 12.2. The molecule has 8 heteroatoms. The number of rotatable bonds is 4. The van der Waals surface area contributed by atoms with Crippen molar-refractivity contribution in [2.45, 2.75) is 38.5 Å². The monoisotopic (exact) mass is 341 g/mol. The predicted octanol–water partition coefficient (Wildman–Crippen LogP) is 1.76. The number of nitrogens with two attached hydrogens (primary N) is 1. The number of nitrogens with zero attached hydrogens (tertiary/aromatic N) is 2. The van der Waals surface area contributed by atoms with Crippen LogP contribution in [0.1, 0.15) is 23.5 Å². The zero-order chi connectivity index (χ0) is 13.1. The Morgan fingerprint density at radius 2 is 2.25 bits per heavy atom. The maximum Gasteiger partial charge on any atom is 0.251 e. The molecule has 1 saturated heterocycles. The highest BCUT2D eigenvalue weighted by Gasteiger charge is 2.31. The van der Waals surface area contributed by atoms with Crippen LogP contribution in [0.2, 0.25) is 0 Å². The summed E-state index contributed by atoms with van der Waals surface area (Å²) < 4.78 is 5.60. The van der Waals surface area contributed by atoms with Crippen LogP contribution in [0, 0.1) is 6.92 Å². The first-order valence-corrected chi connectivity index (χ1v) is 6.99. The van der Waals surface area contributed by atoms with Crippen molar-refractivity contribution in [3.8, 4) is 0 Å². The van der Waals surface area contributed by atoms with E-state index in [1.807, 2.05) is 12.3 Å². The highest BCUT2D eigenvalue weighted by Crippen LogP contribution is 2.21. The summed E-state index contributed by atoms with van der Waals surface area (Å²) in [6.45, 7) is 2.98. The lowest BCUT2D eigenvalue weighted by Gasteiger charge is -2.20. The molecule has 1 fully saturated rings. The normalized spacial score (nSPS) is 20.9. The van der Waals surface area contributed by atoms with Crippen molar-refractivity contribution < 1.29 is 9.53 Å². The van der Waals surface area contributed by atoms with Gasteiger partial charge in [-0.1, -0.05) is 0 Å². The summed E-state index contributed by atoms with van der Waals surface area (Å²) in [4.78, 5) is 18.2. The summed E-state index contributed by atoms with van der Waals surface area (Å²) in [7, 11) is 1.79. The number of carbonyl (C=O) groups is 1. The third-order valence-electron chi connectivity index (χ3n) is 3.09. The van der Waals surface area contributed by atoms with Gasteiger partial charge in [0, 0.05) is 19.0 Å². The average molecular weight is 342 g/mol. The Labute approximate surface area is 135 Å². The maximum absolute atomic E-state index is 12.2. The van der Waals surface area contributed by atoms with Crippen LogP contribution in [-0.4, -0.2) is 41.6 Å². The molecule has 1 aliphatic rings. The average Bonchev–Trinajstić information content (AvgIpc) is 2.97. The van der Waals surface area contributed by atoms with E-state index in [0.717, 1.165) is 23.5 Å². The number of likely N-dealkylation sites (N-methyl/N-ethyl adjacent to an activating group) is 1. The molecule has 2 rings (SSSR count). The molecule has 0 spiro atoms. The SMILES string of the molecule is Cc1nc(CN(C)C(=O)[C@@H]2CC[C@H](CN)O2)cs1.Cl.Cl. The van der Waals surface area contributed by atoms with Crippen LogP contribution >= 0.6 is 36.2 Å². The second-order valence-corrected chi connectivity index (χ2v) is 5.67. The van der Waals surface area contributed by atoms with Crippen LogP contribution in [-0.2, 0) is 16.1 Å². The third kappa shape index (κ3) is 4.86. The molecule has 1 amide bonds. The second-order valence-electron chi connectivity index (χ2n) is 4.61. The van der Waals surface area contributed by atoms with E-state index < -0.39 is 0 Å². The number of amides is 1. The highest BCUT2D eigenvalue weighted by molar-refractivity contribution is 7.09. The van der Waals surface area contributed by atoms with E-state index in [1.165, 1.54) is 0 Å². The Hall–Kier alpha value is -0.400. The summed E-state index contributed by atoms with van der Waals surface area (Å²) >= 11 is 1.60. The Bertz CT molecular complexity index is 431. The smallest absolute Gasteiger partial charge is 0.251 e. The minimum absolute atomic E-state index is 0. The van der Waals surface area contributed by atoms with E-state index in [2.05, 4.69) is 4.98 Å². The highest BCUT2D eigenvalue weighted by atomic mass is 35.5. The van der Waals surface area contributed by atoms with Crippen LogP contribution in [0.25, 0.3) is 0 Å². The van der Waals surface area contributed by atoms with E-state index in [4.69, 9.17) is 10.5 Å². The Morgan fingerprint density at radius 1 is 1.55 bits per heavy atom. The fraction of sp³-hybridized carbons (Fsp3) is 0.667. The van der Waals surface area contributed by atoms with E-state index in [-0.39, 0.29) is 42.9 Å². The first kappa shape index (κ1) is 19.6. The van der Waals surface area contributed by atoms with Crippen molar-refractivity contribution in [3.05, 3.63) is 16.1 Å².